The molecule has 88 valence electrons. The molecule has 0 atom stereocenters. The number of aliphatic hydroxyl groups excluding tert-OH is 1. The highest BCUT2D eigenvalue weighted by molar-refractivity contribution is 5.75. The Balaban J connectivity index is 2.34. The van der Waals surface area contributed by atoms with Crippen LogP contribution in [-0.2, 0) is 11.2 Å². The van der Waals surface area contributed by atoms with Crippen LogP contribution in [0.15, 0.2) is 24.3 Å². The molecule has 0 heterocycles. The molecule has 4 heteroatoms. The van der Waals surface area contributed by atoms with Crippen molar-refractivity contribution in [2.45, 2.75) is 12.8 Å². The van der Waals surface area contributed by atoms with E-state index in [1.165, 1.54) is 0 Å². The van der Waals surface area contributed by atoms with Crippen molar-refractivity contribution in [3.8, 4) is 5.75 Å². The molecule has 1 rings (SSSR count). The first-order chi connectivity index (χ1) is 7.76. The molecular weight excluding hydrogens is 206 g/mol. The average molecular weight is 223 g/mol. The monoisotopic (exact) mass is 223 g/mol. The van der Waals surface area contributed by atoms with Crippen molar-refractivity contribution < 1.29 is 14.6 Å². The molecule has 1 aromatic rings. The summed E-state index contributed by atoms with van der Waals surface area (Å²) < 4.78 is 5.39. The Kier molecular flexibility index (Phi) is 5.36. The van der Waals surface area contributed by atoms with Gasteiger partial charge in [-0.15, -0.1) is 0 Å². The summed E-state index contributed by atoms with van der Waals surface area (Å²) in [6, 6.07) is 7.50. The molecule has 1 amide bonds. The number of carbonyl (C=O) groups is 1. The second-order valence-electron chi connectivity index (χ2n) is 3.39. The molecule has 0 saturated carbocycles. The van der Waals surface area contributed by atoms with Gasteiger partial charge in [-0.3, -0.25) is 4.79 Å². The van der Waals surface area contributed by atoms with Crippen LogP contribution in [-0.4, -0.2) is 31.3 Å². The van der Waals surface area contributed by atoms with Gasteiger partial charge in [0.1, 0.15) is 5.75 Å². The van der Waals surface area contributed by atoms with E-state index in [4.69, 9.17) is 9.84 Å². The maximum atomic E-state index is 10.9. The summed E-state index contributed by atoms with van der Waals surface area (Å²) in [6.07, 6.45) is 1.01. The van der Waals surface area contributed by atoms with E-state index in [0.29, 0.717) is 19.4 Å². The van der Waals surface area contributed by atoms with E-state index in [0.717, 1.165) is 11.3 Å². The Morgan fingerprint density at radius 2 is 2.06 bits per heavy atom. The zero-order valence-corrected chi connectivity index (χ0v) is 9.40. The fourth-order valence-electron chi connectivity index (χ4n) is 1.27. The third-order valence-electron chi connectivity index (χ3n) is 2.20. The van der Waals surface area contributed by atoms with Crippen LogP contribution >= 0.6 is 0 Å². The van der Waals surface area contributed by atoms with E-state index in [1.807, 2.05) is 24.3 Å². The van der Waals surface area contributed by atoms with E-state index in [-0.39, 0.29) is 12.5 Å². The minimum atomic E-state index is -0.0306. The summed E-state index contributed by atoms with van der Waals surface area (Å²) in [5.74, 6) is 0.711. The summed E-state index contributed by atoms with van der Waals surface area (Å²) in [5, 5.41) is 11.3. The molecule has 16 heavy (non-hydrogen) atoms. The maximum absolute atomic E-state index is 10.9. The number of benzene rings is 1. The Labute approximate surface area is 95.2 Å². The third-order valence-corrected chi connectivity index (χ3v) is 2.20. The largest absolute Gasteiger partial charge is 0.493 e. The van der Waals surface area contributed by atoms with E-state index < -0.39 is 0 Å². The van der Waals surface area contributed by atoms with Gasteiger partial charge in [-0.05, 0) is 24.1 Å². The predicted octanol–water partition coefficient (Wildman–Crippen LogP) is 0.736. The number of nitrogens with one attached hydrogen (secondary N) is 1. The minimum absolute atomic E-state index is 0.0306. The molecule has 0 aliphatic heterocycles. The van der Waals surface area contributed by atoms with Crippen LogP contribution in [0, 0.1) is 0 Å². The molecule has 0 unspecified atom stereocenters. The van der Waals surface area contributed by atoms with Crippen molar-refractivity contribution in [2.75, 3.05) is 20.3 Å². The lowest BCUT2D eigenvalue weighted by Gasteiger charge is -2.06. The van der Waals surface area contributed by atoms with Gasteiger partial charge in [-0.2, -0.15) is 0 Å². The Hall–Kier alpha value is -1.55. The van der Waals surface area contributed by atoms with E-state index >= 15 is 0 Å². The number of carbonyl (C=O) groups excluding carboxylic acids is 1. The Bertz CT molecular complexity index is 322. The molecule has 4 nitrogen and oxygen atoms in total. The van der Waals surface area contributed by atoms with Crippen LogP contribution in [0.4, 0.5) is 0 Å². The summed E-state index contributed by atoms with van der Waals surface area (Å²) >= 11 is 0. The van der Waals surface area contributed by atoms with Crippen molar-refractivity contribution in [1.29, 1.82) is 0 Å². The van der Waals surface area contributed by atoms with Crippen molar-refractivity contribution in [3.63, 3.8) is 0 Å². The number of hydrogen-bond donors (Lipinski definition) is 2. The van der Waals surface area contributed by atoms with Gasteiger partial charge in [0.2, 0.25) is 5.91 Å². The van der Waals surface area contributed by atoms with Crippen molar-refractivity contribution >= 4 is 5.91 Å². The van der Waals surface area contributed by atoms with Crippen LogP contribution in [0.3, 0.4) is 0 Å². The fourth-order valence-corrected chi connectivity index (χ4v) is 1.27. The molecule has 0 bridgehead atoms. The summed E-state index contributed by atoms with van der Waals surface area (Å²) in [6.45, 7) is 0.524. The van der Waals surface area contributed by atoms with Crippen molar-refractivity contribution in [1.82, 2.24) is 5.32 Å². The SMILES string of the molecule is CNC(=O)CCOc1ccc(CCO)cc1. The maximum Gasteiger partial charge on any atom is 0.223 e. The van der Waals surface area contributed by atoms with Gasteiger partial charge >= 0.3 is 0 Å². The lowest BCUT2D eigenvalue weighted by molar-refractivity contribution is -0.121. The standard InChI is InChI=1S/C12H17NO3/c1-13-12(15)7-9-16-11-4-2-10(3-5-11)6-8-14/h2-5,14H,6-9H2,1H3,(H,13,15). The van der Waals surface area contributed by atoms with Crippen molar-refractivity contribution in [2.24, 2.45) is 0 Å². The van der Waals surface area contributed by atoms with Crippen LogP contribution in [0.2, 0.25) is 0 Å². The minimum Gasteiger partial charge on any atom is -0.493 e. The molecule has 0 aromatic heterocycles. The number of ether oxygens (including phenoxy) is 1. The first kappa shape index (κ1) is 12.5. The number of aliphatic hydroxyl groups is 1. The van der Waals surface area contributed by atoms with Gasteiger partial charge in [-0.25, -0.2) is 0 Å². The Morgan fingerprint density at radius 3 is 2.62 bits per heavy atom. The topological polar surface area (TPSA) is 58.6 Å². The molecule has 0 aliphatic carbocycles. The second-order valence-corrected chi connectivity index (χ2v) is 3.39. The zero-order valence-electron chi connectivity index (χ0n) is 9.40. The lowest BCUT2D eigenvalue weighted by atomic mass is 10.1. The highest BCUT2D eigenvalue weighted by atomic mass is 16.5. The molecule has 2 N–H and O–H groups in total. The molecule has 0 aliphatic rings. The van der Waals surface area contributed by atoms with Crippen LogP contribution in [0.5, 0.6) is 5.75 Å². The average Bonchev–Trinajstić information content (AvgIpc) is 2.31. The second kappa shape index (κ2) is 6.85. The number of amides is 1. The van der Waals surface area contributed by atoms with Crippen LogP contribution < -0.4 is 10.1 Å². The van der Waals surface area contributed by atoms with Gasteiger partial charge < -0.3 is 15.2 Å². The third kappa shape index (κ3) is 4.31. The molecule has 0 saturated heterocycles. The van der Waals surface area contributed by atoms with Crippen LogP contribution in [0.25, 0.3) is 0 Å². The summed E-state index contributed by atoms with van der Waals surface area (Å²) in [7, 11) is 1.60. The van der Waals surface area contributed by atoms with Gasteiger partial charge in [0.25, 0.3) is 0 Å². The van der Waals surface area contributed by atoms with E-state index in [1.54, 1.807) is 7.05 Å². The molecular formula is C12H17NO3. The number of rotatable bonds is 6. The van der Waals surface area contributed by atoms with Gasteiger partial charge in [0, 0.05) is 13.7 Å². The first-order valence-corrected chi connectivity index (χ1v) is 5.29. The fraction of sp³-hybridized carbons (Fsp3) is 0.417. The van der Waals surface area contributed by atoms with Gasteiger partial charge in [0.05, 0.1) is 13.0 Å². The van der Waals surface area contributed by atoms with Gasteiger partial charge in [-0.1, -0.05) is 12.1 Å². The Morgan fingerprint density at radius 1 is 1.38 bits per heavy atom. The normalized spacial score (nSPS) is 9.88. The van der Waals surface area contributed by atoms with Crippen LogP contribution in [0.1, 0.15) is 12.0 Å². The molecule has 0 spiro atoms. The van der Waals surface area contributed by atoms with E-state index in [2.05, 4.69) is 5.32 Å². The summed E-state index contributed by atoms with van der Waals surface area (Å²) in [4.78, 5) is 10.9. The highest BCUT2D eigenvalue weighted by Gasteiger charge is 1.99. The predicted molar refractivity (Wildman–Crippen MR) is 61.4 cm³/mol. The quantitative estimate of drug-likeness (QED) is 0.747. The molecule has 1 aromatic carbocycles. The van der Waals surface area contributed by atoms with Gasteiger partial charge in [0.15, 0.2) is 0 Å². The zero-order chi connectivity index (χ0) is 11.8. The smallest absolute Gasteiger partial charge is 0.223 e. The van der Waals surface area contributed by atoms with Crippen molar-refractivity contribution in [3.05, 3.63) is 29.8 Å². The van der Waals surface area contributed by atoms with E-state index in [9.17, 15) is 4.79 Å². The summed E-state index contributed by atoms with van der Waals surface area (Å²) in [5.41, 5.74) is 1.07. The lowest BCUT2D eigenvalue weighted by Crippen LogP contribution is -2.20. The first-order valence-electron chi connectivity index (χ1n) is 5.29. The highest BCUT2D eigenvalue weighted by Crippen LogP contribution is 2.12. The molecule has 0 radical (unpaired) electrons. The number of hydrogen-bond acceptors (Lipinski definition) is 3. The molecule has 0 fully saturated rings.